The summed E-state index contributed by atoms with van der Waals surface area (Å²) in [5.74, 6) is -1.42. The normalized spacial score (nSPS) is 25.4. The molecule has 6 heteroatoms. The van der Waals surface area contributed by atoms with Gasteiger partial charge in [-0.1, -0.05) is 0 Å². The van der Waals surface area contributed by atoms with Crippen LogP contribution in [0.2, 0.25) is 0 Å². The molecule has 18 heavy (non-hydrogen) atoms. The van der Waals surface area contributed by atoms with Gasteiger partial charge in [-0.15, -0.1) is 0 Å². The molecular formula is C12H18N2O4. The van der Waals surface area contributed by atoms with Gasteiger partial charge < -0.3 is 15.3 Å². The Morgan fingerprint density at radius 3 is 2.50 bits per heavy atom. The summed E-state index contributed by atoms with van der Waals surface area (Å²) in [7, 11) is 0. The summed E-state index contributed by atoms with van der Waals surface area (Å²) < 4.78 is 0. The number of amides is 2. The molecule has 1 aliphatic heterocycles. The average Bonchev–Trinajstić information content (AvgIpc) is 3.08. The van der Waals surface area contributed by atoms with E-state index in [1.165, 1.54) is 6.92 Å². The number of hydrogen-bond donors (Lipinski definition) is 2. The number of rotatable bonds is 3. The number of nitrogens with zero attached hydrogens (tertiary/aromatic N) is 1. The number of carboxylic acids is 1. The Kier molecular flexibility index (Phi) is 3.28. The van der Waals surface area contributed by atoms with Gasteiger partial charge in [-0.05, 0) is 25.7 Å². The Labute approximate surface area is 105 Å². The van der Waals surface area contributed by atoms with E-state index in [1.807, 2.05) is 0 Å². The molecule has 1 heterocycles. The fourth-order valence-corrected chi connectivity index (χ4v) is 2.51. The van der Waals surface area contributed by atoms with Crippen LogP contribution in [0, 0.1) is 5.41 Å². The van der Waals surface area contributed by atoms with Gasteiger partial charge in [0.15, 0.2) is 0 Å². The van der Waals surface area contributed by atoms with Gasteiger partial charge in [0, 0.05) is 26.1 Å². The van der Waals surface area contributed by atoms with Crippen molar-refractivity contribution in [2.24, 2.45) is 5.41 Å². The third kappa shape index (κ3) is 2.32. The summed E-state index contributed by atoms with van der Waals surface area (Å²) in [6.45, 7) is 2.46. The highest BCUT2D eigenvalue weighted by Crippen LogP contribution is 2.47. The molecule has 2 rings (SSSR count). The zero-order chi connectivity index (χ0) is 13.3. The van der Waals surface area contributed by atoms with Crippen molar-refractivity contribution in [2.75, 3.05) is 13.1 Å². The lowest BCUT2D eigenvalue weighted by Crippen LogP contribution is -2.52. The van der Waals surface area contributed by atoms with Crippen molar-refractivity contribution in [3.05, 3.63) is 0 Å². The van der Waals surface area contributed by atoms with Gasteiger partial charge >= 0.3 is 5.97 Å². The molecule has 1 unspecified atom stereocenters. The first-order chi connectivity index (χ1) is 8.45. The third-order valence-electron chi connectivity index (χ3n) is 3.68. The van der Waals surface area contributed by atoms with Crippen LogP contribution in [0.4, 0.5) is 0 Å². The predicted molar refractivity (Wildman–Crippen MR) is 62.7 cm³/mol. The van der Waals surface area contributed by atoms with Gasteiger partial charge in [-0.25, -0.2) is 0 Å². The standard InChI is InChI=1S/C12H18N2O4/c1-8(15)13-9-3-2-6-14(7-9)10(16)12(4-5-12)11(17)18/h9H,2-7H2,1H3,(H,13,15)(H,17,18). The maximum atomic E-state index is 12.2. The molecular weight excluding hydrogens is 236 g/mol. The molecule has 1 atom stereocenters. The molecule has 2 N–H and O–H groups in total. The maximum absolute atomic E-state index is 12.2. The molecule has 0 aromatic carbocycles. The summed E-state index contributed by atoms with van der Waals surface area (Å²) >= 11 is 0. The number of nitrogens with one attached hydrogen (secondary N) is 1. The number of carbonyl (C=O) groups is 3. The van der Waals surface area contributed by atoms with E-state index in [1.54, 1.807) is 4.90 Å². The summed E-state index contributed by atoms with van der Waals surface area (Å²) in [6, 6.07) is -0.0511. The van der Waals surface area contributed by atoms with E-state index in [9.17, 15) is 14.4 Å². The zero-order valence-electron chi connectivity index (χ0n) is 10.4. The van der Waals surface area contributed by atoms with Crippen molar-refractivity contribution in [3.8, 4) is 0 Å². The minimum absolute atomic E-state index is 0.0511. The van der Waals surface area contributed by atoms with Gasteiger partial charge in [0.1, 0.15) is 5.41 Å². The highest BCUT2D eigenvalue weighted by Gasteiger charge is 2.58. The van der Waals surface area contributed by atoms with E-state index in [0.717, 1.165) is 12.8 Å². The van der Waals surface area contributed by atoms with Crippen molar-refractivity contribution in [1.29, 1.82) is 0 Å². The van der Waals surface area contributed by atoms with E-state index in [2.05, 4.69) is 5.32 Å². The fourth-order valence-electron chi connectivity index (χ4n) is 2.51. The predicted octanol–water partition coefficient (Wildman–Crippen LogP) is -0.0217. The van der Waals surface area contributed by atoms with Crippen LogP contribution in [0.5, 0.6) is 0 Å². The van der Waals surface area contributed by atoms with Crippen molar-refractivity contribution in [3.63, 3.8) is 0 Å². The second-order valence-corrected chi connectivity index (χ2v) is 5.18. The van der Waals surface area contributed by atoms with Crippen LogP contribution in [-0.4, -0.2) is 46.9 Å². The molecule has 2 fully saturated rings. The summed E-state index contributed by atoms with van der Waals surface area (Å²) in [5.41, 5.74) is -1.17. The van der Waals surface area contributed by atoms with Crippen molar-refractivity contribution in [2.45, 2.75) is 38.6 Å². The maximum Gasteiger partial charge on any atom is 0.319 e. The Morgan fingerprint density at radius 2 is 2.00 bits per heavy atom. The number of likely N-dealkylation sites (tertiary alicyclic amines) is 1. The summed E-state index contributed by atoms with van der Waals surface area (Å²) in [5, 5.41) is 11.9. The highest BCUT2D eigenvalue weighted by molar-refractivity contribution is 6.04. The van der Waals surface area contributed by atoms with E-state index in [0.29, 0.717) is 25.9 Å². The molecule has 1 aliphatic carbocycles. The number of aliphatic carboxylic acids is 1. The van der Waals surface area contributed by atoms with Crippen molar-refractivity contribution < 1.29 is 19.5 Å². The largest absolute Gasteiger partial charge is 0.480 e. The molecule has 0 radical (unpaired) electrons. The minimum Gasteiger partial charge on any atom is -0.480 e. The summed E-state index contributed by atoms with van der Waals surface area (Å²) in [4.78, 5) is 35.9. The highest BCUT2D eigenvalue weighted by atomic mass is 16.4. The first-order valence-corrected chi connectivity index (χ1v) is 6.25. The first kappa shape index (κ1) is 12.9. The second-order valence-electron chi connectivity index (χ2n) is 5.18. The second kappa shape index (κ2) is 4.59. The Bertz CT molecular complexity index is 390. The lowest BCUT2D eigenvalue weighted by molar-refractivity contribution is -0.154. The molecule has 0 aromatic heterocycles. The van der Waals surface area contributed by atoms with Crippen LogP contribution in [0.1, 0.15) is 32.6 Å². The quantitative estimate of drug-likeness (QED) is 0.693. The smallest absolute Gasteiger partial charge is 0.319 e. The van der Waals surface area contributed by atoms with Crippen molar-refractivity contribution >= 4 is 17.8 Å². The third-order valence-corrected chi connectivity index (χ3v) is 3.68. The van der Waals surface area contributed by atoms with Gasteiger partial charge in [0.2, 0.25) is 11.8 Å². The Balaban J connectivity index is 1.99. The van der Waals surface area contributed by atoms with Crippen LogP contribution in [0.3, 0.4) is 0 Å². The Hall–Kier alpha value is -1.59. The molecule has 1 saturated carbocycles. The minimum atomic E-state index is -1.17. The summed E-state index contributed by atoms with van der Waals surface area (Å²) in [6.07, 6.45) is 2.50. The number of carbonyl (C=O) groups excluding carboxylic acids is 2. The van der Waals surface area contributed by atoms with Gasteiger partial charge in [-0.3, -0.25) is 14.4 Å². The zero-order valence-corrected chi connectivity index (χ0v) is 10.4. The van der Waals surface area contributed by atoms with Gasteiger partial charge in [0.25, 0.3) is 0 Å². The SMILES string of the molecule is CC(=O)NC1CCCN(C(=O)C2(C(=O)O)CC2)C1. The van der Waals surface area contributed by atoms with E-state index < -0.39 is 11.4 Å². The number of carboxylic acid groups (broad SMARTS) is 1. The van der Waals surface area contributed by atoms with Crippen LogP contribution in [0.15, 0.2) is 0 Å². The van der Waals surface area contributed by atoms with Crippen LogP contribution in [-0.2, 0) is 14.4 Å². The van der Waals surface area contributed by atoms with Gasteiger partial charge in [0.05, 0.1) is 0 Å². The van der Waals surface area contributed by atoms with Crippen LogP contribution < -0.4 is 5.32 Å². The van der Waals surface area contributed by atoms with Crippen molar-refractivity contribution in [1.82, 2.24) is 10.2 Å². The first-order valence-electron chi connectivity index (χ1n) is 6.25. The lowest BCUT2D eigenvalue weighted by atomic mass is 10.0. The van der Waals surface area contributed by atoms with Crippen LogP contribution in [0.25, 0.3) is 0 Å². The lowest BCUT2D eigenvalue weighted by Gasteiger charge is -2.34. The molecule has 6 nitrogen and oxygen atoms in total. The number of hydrogen-bond acceptors (Lipinski definition) is 3. The Morgan fingerprint density at radius 1 is 1.33 bits per heavy atom. The molecule has 0 spiro atoms. The van der Waals surface area contributed by atoms with Gasteiger partial charge in [-0.2, -0.15) is 0 Å². The molecule has 2 aliphatic rings. The average molecular weight is 254 g/mol. The van der Waals surface area contributed by atoms with Crippen LogP contribution >= 0.6 is 0 Å². The topological polar surface area (TPSA) is 86.7 Å². The molecule has 1 saturated heterocycles. The molecule has 0 aromatic rings. The van der Waals surface area contributed by atoms with E-state index in [-0.39, 0.29) is 17.9 Å². The van der Waals surface area contributed by atoms with E-state index >= 15 is 0 Å². The monoisotopic (exact) mass is 254 g/mol. The molecule has 100 valence electrons. The number of piperidine rings is 1. The fraction of sp³-hybridized carbons (Fsp3) is 0.750. The molecule has 2 amide bonds. The van der Waals surface area contributed by atoms with E-state index in [4.69, 9.17) is 5.11 Å². The molecule has 0 bridgehead atoms.